The van der Waals surface area contributed by atoms with E-state index in [9.17, 15) is 8.42 Å². The maximum atomic E-state index is 11.4. The summed E-state index contributed by atoms with van der Waals surface area (Å²) < 4.78 is 28.7. The fraction of sp³-hybridized carbons (Fsp3) is 0.571. The highest BCUT2D eigenvalue weighted by Gasteiger charge is 2.27. The largest absolute Gasteiger partial charge is 0.489 e. The lowest BCUT2D eigenvalue weighted by Crippen LogP contribution is -2.28. The molecule has 1 saturated carbocycles. The molecule has 1 aliphatic rings. The van der Waals surface area contributed by atoms with Crippen molar-refractivity contribution in [3.63, 3.8) is 0 Å². The van der Waals surface area contributed by atoms with Crippen LogP contribution >= 0.6 is 23.2 Å². The van der Waals surface area contributed by atoms with Crippen LogP contribution in [0, 0.1) is 11.8 Å². The van der Waals surface area contributed by atoms with Crippen LogP contribution in [0.3, 0.4) is 0 Å². The minimum atomic E-state index is -3.89. The number of hydrogen-bond acceptors (Lipinski definition) is 3. The van der Waals surface area contributed by atoms with Crippen LogP contribution in [-0.4, -0.2) is 14.5 Å². The van der Waals surface area contributed by atoms with Crippen LogP contribution in [0.5, 0.6) is 5.75 Å². The Hall–Kier alpha value is -0.490. The molecule has 0 aliphatic heterocycles. The Balaban J connectivity index is 2.20. The first-order valence-corrected chi connectivity index (χ1v) is 9.17. The summed E-state index contributed by atoms with van der Waals surface area (Å²) >= 11 is 12.0. The average Bonchev–Trinajstić information content (AvgIpc) is 2.36. The van der Waals surface area contributed by atoms with E-state index in [2.05, 4.69) is 13.8 Å². The van der Waals surface area contributed by atoms with Crippen molar-refractivity contribution >= 4 is 33.2 Å². The lowest BCUT2D eigenvalue weighted by Gasteiger charge is -2.32. The lowest BCUT2D eigenvalue weighted by atomic mass is 9.80. The van der Waals surface area contributed by atoms with Gasteiger partial charge in [-0.05, 0) is 37.2 Å². The lowest BCUT2D eigenvalue weighted by molar-refractivity contribution is 0.101. The monoisotopic (exact) mass is 351 g/mol. The van der Waals surface area contributed by atoms with Crippen molar-refractivity contribution in [2.24, 2.45) is 17.0 Å². The fourth-order valence-corrected chi connectivity index (χ4v) is 3.97. The molecular formula is C14H19Cl2NO3S. The first kappa shape index (κ1) is 16.9. The van der Waals surface area contributed by atoms with E-state index in [1.165, 1.54) is 12.1 Å². The fourth-order valence-electron chi connectivity index (χ4n) is 2.60. The quantitative estimate of drug-likeness (QED) is 0.898. The third kappa shape index (κ3) is 4.03. The molecule has 2 rings (SSSR count). The number of sulfonamides is 1. The van der Waals surface area contributed by atoms with Gasteiger partial charge in [0, 0.05) is 6.07 Å². The number of primary sulfonamides is 1. The standard InChI is InChI=1S/C14H19Cl2NO3S/c1-8-3-4-10(5-9(8)2)20-13-6-12(16)14(7-11(13)15)21(17,18)19/h6-10H,3-5H2,1-2H3,(H2,17,18,19). The molecule has 0 amide bonds. The van der Waals surface area contributed by atoms with Gasteiger partial charge in [-0.3, -0.25) is 0 Å². The maximum absolute atomic E-state index is 11.4. The molecule has 1 aromatic rings. The van der Waals surface area contributed by atoms with Gasteiger partial charge in [0.25, 0.3) is 0 Å². The third-order valence-corrected chi connectivity index (χ3v) is 5.81. The second-order valence-electron chi connectivity index (χ2n) is 5.77. The summed E-state index contributed by atoms with van der Waals surface area (Å²) in [5.74, 6) is 1.68. The molecule has 1 aliphatic carbocycles. The van der Waals surface area contributed by atoms with Gasteiger partial charge < -0.3 is 4.74 Å². The van der Waals surface area contributed by atoms with Crippen LogP contribution in [0.4, 0.5) is 0 Å². The predicted octanol–water partition coefficient (Wildman–Crippen LogP) is 3.84. The molecule has 3 unspecified atom stereocenters. The van der Waals surface area contributed by atoms with E-state index in [-0.39, 0.29) is 21.0 Å². The maximum Gasteiger partial charge on any atom is 0.239 e. The molecule has 0 saturated heterocycles. The summed E-state index contributed by atoms with van der Waals surface area (Å²) in [7, 11) is -3.89. The van der Waals surface area contributed by atoms with E-state index in [0.29, 0.717) is 17.6 Å². The Morgan fingerprint density at radius 3 is 2.38 bits per heavy atom. The molecule has 7 heteroatoms. The van der Waals surface area contributed by atoms with Crippen molar-refractivity contribution in [2.45, 2.75) is 44.1 Å². The van der Waals surface area contributed by atoms with E-state index < -0.39 is 10.0 Å². The summed E-state index contributed by atoms with van der Waals surface area (Å²) in [6, 6.07) is 2.66. The van der Waals surface area contributed by atoms with E-state index in [0.717, 1.165) is 19.3 Å². The Morgan fingerprint density at radius 2 is 1.81 bits per heavy atom. The number of hydrogen-bond donors (Lipinski definition) is 1. The second-order valence-corrected chi connectivity index (χ2v) is 8.11. The molecule has 4 nitrogen and oxygen atoms in total. The van der Waals surface area contributed by atoms with E-state index >= 15 is 0 Å². The number of benzene rings is 1. The van der Waals surface area contributed by atoms with Crippen LogP contribution < -0.4 is 9.88 Å². The van der Waals surface area contributed by atoms with Gasteiger partial charge in [-0.25, -0.2) is 13.6 Å². The zero-order chi connectivity index (χ0) is 15.8. The average molecular weight is 352 g/mol. The molecule has 1 fully saturated rings. The van der Waals surface area contributed by atoms with Crippen molar-refractivity contribution in [3.8, 4) is 5.75 Å². The molecule has 0 bridgehead atoms. The zero-order valence-electron chi connectivity index (χ0n) is 12.0. The van der Waals surface area contributed by atoms with Crippen LogP contribution in [0.2, 0.25) is 10.0 Å². The molecular weight excluding hydrogens is 333 g/mol. The number of halogens is 2. The van der Waals surface area contributed by atoms with Crippen LogP contribution in [0.1, 0.15) is 33.1 Å². The van der Waals surface area contributed by atoms with Gasteiger partial charge in [0.1, 0.15) is 10.6 Å². The summed E-state index contributed by atoms with van der Waals surface area (Å²) in [5, 5.41) is 5.31. The smallest absolute Gasteiger partial charge is 0.239 e. The van der Waals surface area contributed by atoms with Gasteiger partial charge in [-0.2, -0.15) is 0 Å². The van der Waals surface area contributed by atoms with E-state index in [1.54, 1.807) is 0 Å². The molecule has 0 heterocycles. The summed E-state index contributed by atoms with van der Waals surface area (Å²) in [6.07, 6.45) is 3.08. The molecule has 3 atom stereocenters. The molecule has 118 valence electrons. The van der Waals surface area contributed by atoms with Crippen molar-refractivity contribution in [2.75, 3.05) is 0 Å². The highest BCUT2D eigenvalue weighted by Crippen LogP contribution is 2.37. The van der Waals surface area contributed by atoms with E-state index in [4.69, 9.17) is 33.1 Å². The summed E-state index contributed by atoms with van der Waals surface area (Å²) in [4.78, 5) is -0.188. The Kier molecular flexibility index (Phi) is 5.08. The van der Waals surface area contributed by atoms with Crippen LogP contribution in [0.25, 0.3) is 0 Å². The number of rotatable bonds is 3. The van der Waals surface area contributed by atoms with Crippen LogP contribution in [0.15, 0.2) is 17.0 Å². The summed E-state index contributed by atoms with van der Waals surface area (Å²) in [6.45, 7) is 4.45. The number of nitrogens with two attached hydrogens (primary N) is 1. The highest BCUT2D eigenvalue weighted by molar-refractivity contribution is 7.89. The van der Waals surface area contributed by atoms with Gasteiger partial charge in [-0.1, -0.05) is 37.0 Å². The topological polar surface area (TPSA) is 69.4 Å². The summed E-state index contributed by atoms with van der Waals surface area (Å²) in [5.41, 5.74) is 0. The Morgan fingerprint density at radius 1 is 1.14 bits per heavy atom. The van der Waals surface area contributed by atoms with E-state index in [1.807, 2.05) is 0 Å². The van der Waals surface area contributed by atoms with Gasteiger partial charge in [0.2, 0.25) is 10.0 Å². The minimum absolute atomic E-state index is 0.0223. The molecule has 0 aromatic heterocycles. The van der Waals surface area contributed by atoms with Gasteiger partial charge in [-0.15, -0.1) is 0 Å². The highest BCUT2D eigenvalue weighted by atomic mass is 35.5. The van der Waals surface area contributed by atoms with Crippen molar-refractivity contribution < 1.29 is 13.2 Å². The molecule has 2 N–H and O–H groups in total. The third-order valence-electron chi connectivity index (χ3n) is 4.14. The molecule has 21 heavy (non-hydrogen) atoms. The van der Waals surface area contributed by atoms with Gasteiger partial charge in [0.05, 0.1) is 16.1 Å². The normalized spacial score (nSPS) is 26.6. The molecule has 1 aromatic carbocycles. The second kappa shape index (κ2) is 6.32. The Bertz CT molecular complexity index is 633. The van der Waals surface area contributed by atoms with Crippen molar-refractivity contribution in [1.29, 1.82) is 0 Å². The predicted molar refractivity (Wildman–Crippen MR) is 84.4 cm³/mol. The van der Waals surface area contributed by atoms with Crippen molar-refractivity contribution in [1.82, 2.24) is 0 Å². The zero-order valence-corrected chi connectivity index (χ0v) is 14.3. The molecule has 0 radical (unpaired) electrons. The van der Waals surface area contributed by atoms with Crippen LogP contribution in [-0.2, 0) is 10.0 Å². The SMILES string of the molecule is CC1CCC(Oc2cc(Cl)c(S(N)(=O)=O)cc2Cl)CC1C. The van der Waals surface area contributed by atoms with Gasteiger partial charge in [0.15, 0.2) is 0 Å². The Labute approximate surface area is 135 Å². The van der Waals surface area contributed by atoms with Gasteiger partial charge >= 0.3 is 0 Å². The molecule has 0 spiro atoms. The first-order valence-electron chi connectivity index (χ1n) is 6.87. The first-order chi connectivity index (χ1) is 9.68. The van der Waals surface area contributed by atoms with Crippen molar-refractivity contribution in [3.05, 3.63) is 22.2 Å². The minimum Gasteiger partial charge on any atom is -0.489 e. The number of ether oxygens (including phenoxy) is 1.